The summed E-state index contributed by atoms with van der Waals surface area (Å²) in [5.74, 6) is 2.11. The van der Waals surface area contributed by atoms with E-state index in [-0.39, 0.29) is 11.7 Å². The second-order valence-electron chi connectivity index (χ2n) is 4.95. The minimum Gasteiger partial charge on any atom is -0.326 e. The number of rotatable bonds is 3. The van der Waals surface area contributed by atoms with Crippen molar-refractivity contribution < 1.29 is 9.59 Å². The lowest BCUT2D eigenvalue weighted by Crippen LogP contribution is -2.06. The maximum Gasteiger partial charge on any atom is 0.221 e. The summed E-state index contributed by atoms with van der Waals surface area (Å²) >= 11 is 3.54. The quantitative estimate of drug-likeness (QED) is 0.878. The molecule has 0 atom stereocenters. The Morgan fingerprint density at radius 2 is 1.95 bits per heavy atom. The van der Waals surface area contributed by atoms with Crippen molar-refractivity contribution >= 4 is 40.5 Å². The highest BCUT2D eigenvalue weighted by Crippen LogP contribution is 2.32. The molecule has 0 fully saturated rings. The second kappa shape index (κ2) is 6.03. The Labute approximate surface area is 131 Å². The molecular formula is C16H15NO2S2. The number of anilines is 1. The second-order valence-corrected chi connectivity index (χ2v) is 7.19. The number of ketones is 1. The Bertz CT molecular complexity index is 665. The van der Waals surface area contributed by atoms with Crippen LogP contribution in [0.1, 0.15) is 32.6 Å². The van der Waals surface area contributed by atoms with E-state index in [9.17, 15) is 9.59 Å². The summed E-state index contributed by atoms with van der Waals surface area (Å²) in [6, 6.07) is 9.09. The first kappa shape index (κ1) is 14.4. The molecular weight excluding hydrogens is 302 g/mol. The maximum atomic E-state index is 12.5. The molecule has 21 heavy (non-hydrogen) atoms. The largest absolute Gasteiger partial charge is 0.326 e. The lowest BCUT2D eigenvalue weighted by molar-refractivity contribution is -0.114. The van der Waals surface area contributed by atoms with E-state index in [1.165, 1.54) is 17.4 Å². The Morgan fingerprint density at radius 1 is 1.19 bits per heavy atom. The average Bonchev–Trinajstić information content (AvgIpc) is 2.90. The lowest BCUT2D eigenvalue weighted by atomic mass is 10.1. The fraction of sp³-hybridized carbons (Fsp3) is 0.250. The van der Waals surface area contributed by atoms with Gasteiger partial charge in [0.15, 0.2) is 0 Å². The molecule has 3 rings (SSSR count). The van der Waals surface area contributed by atoms with Crippen LogP contribution in [0, 0.1) is 0 Å². The molecule has 1 aliphatic rings. The predicted octanol–water partition coefficient (Wildman–Crippen LogP) is 3.73. The first-order chi connectivity index (χ1) is 10.1. The number of nitrogens with one attached hydrogen (secondary N) is 1. The van der Waals surface area contributed by atoms with Crippen LogP contribution in [-0.4, -0.2) is 17.4 Å². The third-order valence-corrected chi connectivity index (χ3v) is 5.56. The standard InChI is InChI=1S/C16H15NO2S2/c1-10(18)17-13-4-2-11(3-5-13)16(19)15-8-12-9-20-7-6-14(12)21-15/h2-5,8H,6-7,9H2,1H3,(H,17,18). The molecule has 5 heteroatoms. The van der Waals surface area contributed by atoms with Gasteiger partial charge in [0.1, 0.15) is 0 Å². The highest BCUT2D eigenvalue weighted by Gasteiger charge is 2.18. The van der Waals surface area contributed by atoms with Crippen LogP contribution in [0.15, 0.2) is 30.3 Å². The van der Waals surface area contributed by atoms with Gasteiger partial charge in [0, 0.05) is 28.8 Å². The van der Waals surface area contributed by atoms with Crippen LogP contribution in [0.4, 0.5) is 5.69 Å². The molecule has 1 aromatic heterocycles. The molecule has 3 nitrogen and oxygen atoms in total. The summed E-state index contributed by atoms with van der Waals surface area (Å²) in [5, 5.41) is 2.70. The van der Waals surface area contributed by atoms with Crippen LogP contribution in [-0.2, 0) is 17.0 Å². The molecule has 0 unspecified atom stereocenters. The van der Waals surface area contributed by atoms with E-state index in [0.29, 0.717) is 11.3 Å². The summed E-state index contributed by atoms with van der Waals surface area (Å²) < 4.78 is 0. The first-order valence-corrected chi connectivity index (χ1v) is 8.72. The molecule has 0 radical (unpaired) electrons. The summed E-state index contributed by atoms with van der Waals surface area (Å²) in [4.78, 5) is 25.7. The number of hydrogen-bond acceptors (Lipinski definition) is 4. The number of benzene rings is 1. The SMILES string of the molecule is CC(=O)Nc1ccc(C(=O)c2cc3c(s2)CCSC3)cc1. The van der Waals surface area contributed by atoms with Gasteiger partial charge in [-0.05, 0) is 48.1 Å². The Balaban J connectivity index is 1.81. The fourth-order valence-electron chi connectivity index (χ4n) is 2.31. The molecule has 2 aromatic rings. The number of thiophene rings is 1. The molecule has 1 aromatic carbocycles. The van der Waals surface area contributed by atoms with Gasteiger partial charge >= 0.3 is 0 Å². The summed E-state index contributed by atoms with van der Waals surface area (Å²) in [5.41, 5.74) is 2.69. The molecule has 0 bridgehead atoms. The van der Waals surface area contributed by atoms with Gasteiger partial charge in [-0.15, -0.1) is 11.3 Å². The predicted molar refractivity (Wildman–Crippen MR) is 88.4 cm³/mol. The van der Waals surface area contributed by atoms with Crippen LogP contribution in [0.3, 0.4) is 0 Å². The molecule has 2 heterocycles. The van der Waals surface area contributed by atoms with Crippen LogP contribution in [0.5, 0.6) is 0 Å². The topological polar surface area (TPSA) is 46.2 Å². The molecule has 108 valence electrons. The van der Waals surface area contributed by atoms with Gasteiger partial charge in [-0.25, -0.2) is 0 Å². The van der Waals surface area contributed by atoms with Crippen molar-refractivity contribution in [2.75, 3.05) is 11.1 Å². The number of carbonyl (C=O) groups is 2. The number of thioether (sulfide) groups is 1. The third-order valence-electron chi connectivity index (χ3n) is 3.32. The highest BCUT2D eigenvalue weighted by atomic mass is 32.2. The smallest absolute Gasteiger partial charge is 0.221 e. The summed E-state index contributed by atoms with van der Waals surface area (Å²) in [7, 11) is 0. The monoisotopic (exact) mass is 317 g/mol. The van der Waals surface area contributed by atoms with Gasteiger partial charge in [0.2, 0.25) is 11.7 Å². The number of carbonyl (C=O) groups excluding carboxylic acids is 2. The van der Waals surface area contributed by atoms with Crippen LogP contribution < -0.4 is 5.32 Å². The fourth-order valence-corrected chi connectivity index (χ4v) is 4.64. The zero-order chi connectivity index (χ0) is 14.8. The van der Waals surface area contributed by atoms with Crippen molar-refractivity contribution in [1.82, 2.24) is 0 Å². The van der Waals surface area contributed by atoms with Gasteiger partial charge in [-0.1, -0.05) is 0 Å². The summed E-state index contributed by atoms with van der Waals surface area (Å²) in [6.45, 7) is 1.47. The Hall–Kier alpha value is -1.59. The third kappa shape index (κ3) is 3.19. The molecule has 1 N–H and O–H groups in total. The van der Waals surface area contributed by atoms with Crippen LogP contribution in [0.2, 0.25) is 0 Å². The molecule has 0 aliphatic carbocycles. The van der Waals surface area contributed by atoms with Gasteiger partial charge in [0.25, 0.3) is 0 Å². The van der Waals surface area contributed by atoms with Crippen molar-refractivity contribution in [1.29, 1.82) is 0 Å². The van der Waals surface area contributed by atoms with E-state index in [1.54, 1.807) is 35.6 Å². The van der Waals surface area contributed by atoms with E-state index in [0.717, 1.165) is 22.8 Å². The zero-order valence-electron chi connectivity index (χ0n) is 11.6. The average molecular weight is 317 g/mol. The van der Waals surface area contributed by atoms with Gasteiger partial charge < -0.3 is 5.32 Å². The first-order valence-electron chi connectivity index (χ1n) is 6.75. The molecule has 0 saturated carbocycles. The minimum absolute atomic E-state index is 0.0637. The van der Waals surface area contributed by atoms with E-state index in [2.05, 4.69) is 5.32 Å². The number of amides is 1. The molecule has 1 amide bonds. The summed E-state index contributed by atoms with van der Waals surface area (Å²) in [6.07, 6.45) is 1.07. The van der Waals surface area contributed by atoms with Crippen molar-refractivity contribution in [3.8, 4) is 0 Å². The van der Waals surface area contributed by atoms with Crippen molar-refractivity contribution in [2.45, 2.75) is 19.1 Å². The normalized spacial score (nSPS) is 13.6. The van der Waals surface area contributed by atoms with Crippen molar-refractivity contribution in [3.05, 3.63) is 51.2 Å². The van der Waals surface area contributed by atoms with E-state index in [4.69, 9.17) is 0 Å². The van der Waals surface area contributed by atoms with E-state index < -0.39 is 0 Å². The molecule has 0 spiro atoms. The molecule has 0 saturated heterocycles. The maximum absolute atomic E-state index is 12.5. The minimum atomic E-state index is -0.113. The van der Waals surface area contributed by atoms with Gasteiger partial charge in [-0.3, -0.25) is 9.59 Å². The zero-order valence-corrected chi connectivity index (χ0v) is 13.3. The van der Waals surface area contributed by atoms with E-state index in [1.807, 2.05) is 17.8 Å². The lowest BCUT2D eigenvalue weighted by Gasteiger charge is -2.08. The Kier molecular flexibility index (Phi) is 4.12. The van der Waals surface area contributed by atoms with E-state index >= 15 is 0 Å². The Morgan fingerprint density at radius 3 is 2.62 bits per heavy atom. The highest BCUT2D eigenvalue weighted by molar-refractivity contribution is 7.98. The van der Waals surface area contributed by atoms with Gasteiger partial charge in [0.05, 0.1) is 4.88 Å². The number of hydrogen-bond donors (Lipinski definition) is 1. The van der Waals surface area contributed by atoms with Gasteiger partial charge in [-0.2, -0.15) is 11.8 Å². The number of aryl methyl sites for hydroxylation is 1. The van der Waals surface area contributed by atoms with Crippen molar-refractivity contribution in [3.63, 3.8) is 0 Å². The van der Waals surface area contributed by atoms with Crippen LogP contribution >= 0.6 is 23.1 Å². The molecule has 1 aliphatic heterocycles. The van der Waals surface area contributed by atoms with Crippen LogP contribution in [0.25, 0.3) is 0 Å². The number of fused-ring (bicyclic) bond motifs is 1. The van der Waals surface area contributed by atoms with Crippen molar-refractivity contribution in [2.24, 2.45) is 0 Å².